The van der Waals surface area contributed by atoms with Gasteiger partial charge in [-0.3, -0.25) is 9.59 Å². The molecule has 2 amide bonds. The Morgan fingerprint density at radius 2 is 1.65 bits per heavy atom. The van der Waals surface area contributed by atoms with Gasteiger partial charge in [0.05, 0.1) is 17.3 Å². The van der Waals surface area contributed by atoms with Crippen molar-refractivity contribution in [3.05, 3.63) is 77.4 Å². The summed E-state index contributed by atoms with van der Waals surface area (Å²) in [6.45, 7) is 2.53. The van der Waals surface area contributed by atoms with Crippen LogP contribution < -0.4 is 10.6 Å². The van der Waals surface area contributed by atoms with Crippen LogP contribution >= 0.6 is 0 Å². The Morgan fingerprint density at radius 1 is 1.00 bits per heavy atom. The zero-order valence-electron chi connectivity index (χ0n) is 18.3. The number of aryl methyl sites for hydroxylation is 1. The lowest BCUT2D eigenvalue weighted by Crippen LogP contribution is -2.35. The van der Waals surface area contributed by atoms with Crippen molar-refractivity contribution < 1.29 is 9.59 Å². The molecule has 1 aliphatic carbocycles. The Labute approximate surface area is 183 Å². The molecule has 0 spiro atoms. The maximum absolute atomic E-state index is 13.2. The van der Waals surface area contributed by atoms with Crippen molar-refractivity contribution in [1.82, 2.24) is 10.2 Å². The molecule has 0 saturated heterocycles. The summed E-state index contributed by atoms with van der Waals surface area (Å²) in [6.07, 6.45) is 1.84. The molecule has 2 N–H and O–H groups in total. The first-order chi connectivity index (χ1) is 14.9. The van der Waals surface area contributed by atoms with E-state index in [0.29, 0.717) is 17.8 Å². The fraction of sp³-hybridized carbons (Fsp3) is 0.308. The van der Waals surface area contributed by atoms with E-state index in [1.54, 1.807) is 0 Å². The fourth-order valence-electron chi connectivity index (χ4n) is 3.78. The van der Waals surface area contributed by atoms with Gasteiger partial charge in [-0.15, -0.1) is 0 Å². The highest BCUT2D eigenvalue weighted by Gasteiger charge is 2.30. The number of nitrogens with one attached hydrogen (secondary N) is 2. The Kier molecular flexibility index (Phi) is 6.05. The lowest BCUT2D eigenvalue weighted by atomic mass is 10.0. The number of likely N-dealkylation sites (N-methyl/N-ethyl adjacent to an activating group) is 1. The van der Waals surface area contributed by atoms with E-state index < -0.39 is 0 Å². The minimum absolute atomic E-state index is 0.00449. The molecule has 5 heteroatoms. The van der Waals surface area contributed by atoms with Crippen LogP contribution in [0.4, 0.5) is 5.69 Å². The molecule has 3 aromatic carbocycles. The van der Waals surface area contributed by atoms with Crippen molar-refractivity contribution in [2.45, 2.75) is 25.8 Å². The Hall–Kier alpha value is -3.18. The molecule has 1 saturated carbocycles. The number of hydrogen-bond acceptors (Lipinski definition) is 3. The molecule has 1 unspecified atom stereocenters. The summed E-state index contributed by atoms with van der Waals surface area (Å²) >= 11 is 0. The standard InChI is InChI=1S/C26H29N3O2/c1-17-8-10-18(11-9-17)24(29(2)3)16-27-26(31)22-14-20-6-4-5-7-21(20)15-23(22)28-25(30)19-12-13-19/h4-11,14-15,19,24H,12-13,16H2,1-3H3,(H,27,31)(H,28,30). The summed E-state index contributed by atoms with van der Waals surface area (Å²) in [7, 11) is 4.02. The van der Waals surface area contributed by atoms with Gasteiger partial charge in [0.1, 0.15) is 0 Å². The zero-order valence-corrected chi connectivity index (χ0v) is 18.3. The van der Waals surface area contributed by atoms with Gasteiger partial charge >= 0.3 is 0 Å². The molecule has 4 rings (SSSR count). The van der Waals surface area contributed by atoms with Gasteiger partial charge in [-0.05, 0) is 62.3 Å². The molecule has 31 heavy (non-hydrogen) atoms. The van der Waals surface area contributed by atoms with Gasteiger partial charge in [0.2, 0.25) is 5.91 Å². The van der Waals surface area contributed by atoms with Crippen molar-refractivity contribution in [3.8, 4) is 0 Å². The first kappa shape index (κ1) is 21.1. The molecular formula is C26H29N3O2. The maximum Gasteiger partial charge on any atom is 0.253 e. The van der Waals surface area contributed by atoms with Crippen LogP contribution in [0.1, 0.15) is 40.4 Å². The van der Waals surface area contributed by atoms with Crippen LogP contribution in [0.25, 0.3) is 10.8 Å². The molecule has 0 aromatic heterocycles. The number of carbonyl (C=O) groups excluding carboxylic acids is 2. The van der Waals surface area contributed by atoms with Crippen LogP contribution in [-0.2, 0) is 4.79 Å². The quantitative estimate of drug-likeness (QED) is 0.596. The van der Waals surface area contributed by atoms with Crippen molar-refractivity contribution in [2.24, 2.45) is 5.92 Å². The van der Waals surface area contributed by atoms with Gasteiger partial charge < -0.3 is 15.5 Å². The maximum atomic E-state index is 13.2. The van der Waals surface area contributed by atoms with Crippen LogP contribution in [0.15, 0.2) is 60.7 Å². The molecular weight excluding hydrogens is 386 g/mol. The summed E-state index contributed by atoms with van der Waals surface area (Å²) in [5.41, 5.74) is 3.42. The van der Waals surface area contributed by atoms with Crippen LogP contribution in [0, 0.1) is 12.8 Å². The van der Waals surface area contributed by atoms with Crippen molar-refractivity contribution in [3.63, 3.8) is 0 Å². The molecule has 0 radical (unpaired) electrons. The average Bonchev–Trinajstić information content (AvgIpc) is 3.60. The summed E-state index contributed by atoms with van der Waals surface area (Å²) in [5.74, 6) is -0.118. The number of fused-ring (bicyclic) bond motifs is 1. The van der Waals surface area contributed by atoms with Gasteiger partial charge in [0, 0.05) is 12.5 Å². The minimum Gasteiger partial charge on any atom is -0.350 e. The average molecular weight is 416 g/mol. The second-order valence-electron chi connectivity index (χ2n) is 8.61. The fourth-order valence-corrected chi connectivity index (χ4v) is 3.78. The minimum atomic E-state index is -0.184. The second-order valence-corrected chi connectivity index (χ2v) is 8.61. The highest BCUT2D eigenvalue weighted by Crippen LogP contribution is 2.32. The SMILES string of the molecule is Cc1ccc(C(CNC(=O)c2cc3ccccc3cc2NC(=O)C2CC2)N(C)C)cc1. The summed E-state index contributed by atoms with van der Waals surface area (Å²) in [6, 6.07) is 20.1. The number of benzene rings is 3. The smallest absolute Gasteiger partial charge is 0.253 e. The molecule has 1 aliphatic rings. The molecule has 0 bridgehead atoms. The molecule has 5 nitrogen and oxygen atoms in total. The summed E-state index contributed by atoms with van der Waals surface area (Å²) in [5, 5.41) is 8.04. The van der Waals surface area contributed by atoms with Gasteiger partial charge in [-0.2, -0.15) is 0 Å². The Balaban J connectivity index is 1.58. The molecule has 3 aromatic rings. The Morgan fingerprint density at radius 3 is 2.26 bits per heavy atom. The number of carbonyl (C=O) groups is 2. The van der Waals surface area contributed by atoms with Crippen LogP contribution in [0.5, 0.6) is 0 Å². The van der Waals surface area contributed by atoms with Gasteiger partial charge in [-0.1, -0.05) is 54.1 Å². The second kappa shape index (κ2) is 8.90. The van der Waals surface area contributed by atoms with E-state index in [1.165, 1.54) is 5.56 Å². The topological polar surface area (TPSA) is 61.4 Å². The van der Waals surface area contributed by atoms with E-state index >= 15 is 0 Å². The van der Waals surface area contributed by atoms with Crippen molar-refractivity contribution in [1.29, 1.82) is 0 Å². The van der Waals surface area contributed by atoms with Gasteiger partial charge in [0.25, 0.3) is 5.91 Å². The number of hydrogen-bond donors (Lipinski definition) is 2. The Bertz CT molecular complexity index is 1100. The van der Waals surface area contributed by atoms with Crippen LogP contribution in [0.2, 0.25) is 0 Å². The third kappa shape index (κ3) is 4.94. The third-order valence-electron chi connectivity index (χ3n) is 5.88. The van der Waals surface area contributed by atoms with Crippen molar-refractivity contribution >= 4 is 28.3 Å². The number of amides is 2. The lowest BCUT2D eigenvalue weighted by molar-refractivity contribution is -0.117. The number of anilines is 1. The third-order valence-corrected chi connectivity index (χ3v) is 5.88. The highest BCUT2D eigenvalue weighted by atomic mass is 16.2. The first-order valence-corrected chi connectivity index (χ1v) is 10.8. The van der Waals surface area contributed by atoms with E-state index in [2.05, 4.69) is 46.7 Å². The van der Waals surface area contributed by atoms with E-state index in [9.17, 15) is 9.59 Å². The summed E-state index contributed by atoms with van der Waals surface area (Å²) < 4.78 is 0. The predicted molar refractivity (Wildman–Crippen MR) is 125 cm³/mol. The molecule has 0 aliphatic heterocycles. The monoisotopic (exact) mass is 415 g/mol. The van der Waals surface area contributed by atoms with E-state index in [-0.39, 0.29) is 23.8 Å². The first-order valence-electron chi connectivity index (χ1n) is 10.8. The highest BCUT2D eigenvalue weighted by molar-refractivity contribution is 6.08. The van der Waals surface area contributed by atoms with Gasteiger partial charge in [-0.25, -0.2) is 0 Å². The lowest BCUT2D eigenvalue weighted by Gasteiger charge is -2.25. The van der Waals surface area contributed by atoms with E-state index in [4.69, 9.17) is 0 Å². The van der Waals surface area contributed by atoms with E-state index in [0.717, 1.165) is 29.2 Å². The molecule has 1 fully saturated rings. The number of nitrogens with zero attached hydrogens (tertiary/aromatic N) is 1. The normalized spacial score (nSPS) is 14.5. The summed E-state index contributed by atoms with van der Waals surface area (Å²) in [4.78, 5) is 27.7. The number of rotatable bonds is 7. The van der Waals surface area contributed by atoms with Gasteiger partial charge in [0.15, 0.2) is 0 Å². The molecule has 0 heterocycles. The van der Waals surface area contributed by atoms with E-state index in [1.807, 2.05) is 50.5 Å². The van der Waals surface area contributed by atoms with Crippen molar-refractivity contribution in [2.75, 3.05) is 26.0 Å². The molecule has 160 valence electrons. The predicted octanol–water partition coefficient (Wildman–Crippen LogP) is 4.53. The van der Waals surface area contributed by atoms with Crippen LogP contribution in [-0.4, -0.2) is 37.4 Å². The largest absolute Gasteiger partial charge is 0.350 e. The van der Waals surface area contributed by atoms with Crippen LogP contribution in [0.3, 0.4) is 0 Å². The zero-order chi connectivity index (χ0) is 22.0. The molecule has 1 atom stereocenters.